The van der Waals surface area contributed by atoms with Crippen molar-refractivity contribution in [3.8, 4) is 0 Å². The van der Waals surface area contributed by atoms with E-state index in [9.17, 15) is 8.42 Å². The molecule has 4 nitrogen and oxygen atoms in total. The second kappa shape index (κ2) is 6.35. The molecule has 1 N–H and O–H groups in total. The first kappa shape index (κ1) is 15.0. The van der Waals surface area contributed by atoms with Gasteiger partial charge in [-0.1, -0.05) is 35.9 Å². The quantitative estimate of drug-likeness (QED) is 0.923. The van der Waals surface area contributed by atoms with Gasteiger partial charge in [-0.3, -0.25) is 4.98 Å². The topological polar surface area (TPSA) is 59.1 Å². The van der Waals surface area contributed by atoms with Crippen molar-refractivity contribution in [2.75, 3.05) is 0 Å². The molecule has 0 bridgehead atoms. The summed E-state index contributed by atoms with van der Waals surface area (Å²) < 4.78 is 26.9. The minimum atomic E-state index is -3.48. The lowest BCUT2D eigenvalue weighted by atomic mass is 10.2. The van der Waals surface area contributed by atoms with E-state index < -0.39 is 10.0 Å². The third-order valence-electron chi connectivity index (χ3n) is 2.79. The maximum atomic E-state index is 12.1. The number of nitrogens with one attached hydrogen (secondary N) is 1. The number of aromatic nitrogens is 1. The van der Waals surface area contributed by atoms with Gasteiger partial charge in [0.25, 0.3) is 0 Å². The van der Waals surface area contributed by atoms with Gasteiger partial charge in [-0.15, -0.1) is 0 Å². The molecule has 1 aromatic carbocycles. The molecule has 0 saturated carbocycles. The van der Waals surface area contributed by atoms with Crippen molar-refractivity contribution in [2.24, 2.45) is 0 Å². The Hall–Kier alpha value is -1.43. The first-order valence-electron chi connectivity index (χ1n) is 6.12. The minimum Gasteiger partial charge on any atom is -0.260 e. The number of benzene rings is 1. The van der Waals surface area contributed by atoms with Crippen LogP contribution in [0.2, 0.25) is 5.02 Å². The zero-order valence-electron chi connectivity index (χ0n) is 11.0. The summed E-state index contributed by atoms with van der Waals surface area (Å²) in [5.41, 5.74) is 1.25. The largest absolute Gasteiger partial charge is 0.260 e. The molecule has 0 amide bonds. The van der Waals surface area contributed by atoms with Crippen LogP contribution < -0.4 is 4.72 Å². The molecule has 0 aliphatic heterocycles. The fraction of sp³-hybridized carbons (Fsp3) is 0.214. The minimum absolute atomic E-state index is 0.149. The lowest BCUT2D eigenvalue weighted by molar-refractivity contribution is 0.563. The number of nitrogens with zero attached hydrogens (tertiary/aromatic N) is 1. The standard InChI is InChI=1S/C14H15ClN2O2S/c1-11(14-8-4-5-9-16-14)17-20(18,19)10-12-6-2-3-7-13(12)15/h2-9,11,17H,10H2,1H3. The molecule has 1 atom stereocenters. The van der Waals surface area contributed by atoms with Crippen LogP contribution in [-0.4, -0.2) is 13.4 Å². The van der Waals surface area contributed by atoms with Gasteiger partial charge in [0.15, 0.2) is 0 Å². The zero-order valence-corrected chi connectivity index (χ0v) is 12.5. The van der Waals surface area contributed by atoms with Gasteiger partial charge in [0, 0.05) is 11.2 Å². The molecule has 0 aliphatic carbocycles. The van der Waals surface area contributed by atoms with Crippen LogP contribution in [0.3, 0.4) is 0 Å². The third-order valence-corrected chi connectivity index (χ3v) is 4.56. The van der Waals surface area contributed by atoms with Crippen LogP contribution in [0.25, 0.3) is 0 Å². The van der Waals surface area contributed by atoms with E-state index in [1.165, 1.54) is 0 Å². The van der Waals surface area contributed by atoms with Crippen LogP contribution in [0.1, 0.15) is 24.2 Å². The predicted molar refractivity (Wildman–Crippen MR) is 79.9 cm³/mol. The highest BCUT2D eigenvalue weighted by Crippen LogP contribution is 2.18. The Bertz CT molecular complexity index is 675. The summed E-state index contributed by atoms with van der Waals surface area (Å²) in [5.74, 6) is -0.149. The van der Waals surface area contributed by atoms with E-state index in [1.807, 2.05) is 6.07 Å². The number of hydrogen-bond acceptors (Lipinski definition) is 3. The van der Waals surface area contributed by atoms with Gasteiger partial charge >= 0.3 is 0 Å². The molecule has 2 rings (SSSR count). The van der Waals surface area contributed by atoms with Crippen LogP contribution in [0.15, 0.2) is 48.7 Å². The predicted octanol–water partition coefficient (Wildman–Crippen LogP) is 2.92. The van der Waals surface area contributed by atoms with Crippen molar-refractivity contribution < 1.29 is 8.42 Å². The number of hydrogen-bond donors (Lipinski definition) is 1. The summed E-state index contributed by atoms with van der Waals surface area (Å²) in [6.45, 7) is 1.76. The molecule has 6 heteroatoms. The number of sulfonamides is 1. The van der Waals surface area contributed by atoms with Crippen LogP contribution in [0.4, 0.5) is 0 Å². The average Bonchev–Trinajstić information content (AvgIpc) is 2.41. The van der Waals surface area contributed by atoms with E-state index in [0.717, 1.165) is 0 Å². The molecule has 0 radical (unpaired) electrons. The van der Waals surface area contributed by atoms with Crippen molar-refractivity contribution in [2.45, 2.75) is 18.7 Å². The van der Waals surface area contributed by atoms with Gasteiger partial charge in [-0.05, 0) is 30.7 Å². The van der Waals surface area contributed by atoms with Crippen LogP contribution in [-0.2, 0) is 15.8 Å². The molecule has 1 heterocycles. The lowest BCUT2D eigenvalue weighted by Gasteiger charge is -2.14. The summed E-state index contributed by atoms with van der Waals surface area (Å²) in [5, 5.41) is 0.448. The molecule has 0 aliphatic rings. The first-order chi connectivity index (χ1) is 9.48. The summed E-state index contributed by atoms with van der Waals surface area (Å²) in [6.07, 6.45) is 1.63. The van der Waals surface area contributed by atoms with Gasteiger partial charge in [0.05, 0.1) is 17.5 Å². The number of rotatable bonds is 5. The average molecular weight is 311 g/mol. The van der Waals surface area contributed by atoms with Crippen molar-refractivity contribution in [3.63, 3.8) is 0 Å². The Kier molecular flexibility index (Phi) is 4.75. The monoisotopic (exact) mass is 310 g/mol. The van der Waals surface area contributed by atoms with E-state index in [-0.39, 0.29) is 11.8 Å². The van der Waals surface area contributed by atoms with Crippen molar-refractivity contribution in [1.29, 1.82) is 0 Å². The summed E-state index contributed by atoms with van der Waals surface area (Å²) in [6, 6.07) is 11.9. The number of pyridine rings is 1. The Balaban J connectivity index is 2.10. The van der Waals surface area contributed by atoms with Crippen LogP contribution in [0.5, 0.6) is 0 Å². The molecular formula is C14H15ClN2O2S. The summed E-state index contributed by atoms with van der Waals surface area (Å²) in [4.78, 5) is 4.13. The second-order valence-electron chi connectivity index (χ2n) is 4.44. The van der Waals surface area contributed by atoms with Crippen LogP contribution in [0, 0.1) is 0 Å². The molecule has 0 fully saturated rings. The van der Waals surface area contributed by atoms with Crippen molar-refractivity contribution >= 4 is 21.6 Å². The van der Waals surface area contributed by atoms with E-state index in [0.29, 0.717) is 16.3 Å². The SMILES string of the molecule is CC(NS(=O)(=O)Cc1ccccc1Cl)c1ccccn1. The van der Waals surface area contributed by atoms with Crippen LogP contribution >= 0.6 is 11.6 Å². The van der Waals surface area contributed by atoms with E-state index in [4.69, 9.17) is 11.6 Å². The maximum absolute atomic E-state index is 12.1. The lowest BCUT2D eigenvalue weighted by Crippen LogP contribution is -2.28. The van der Waals surface area contributed by atoms with Crippen molar-refractivity contribution in [1.82, 2.24) is 9.71 Å². The second-order valence-corrected chi connectivity index (χ2v) is 6.61. The third kappa shape index (κ3) is 4.03. The smallest absolute Gasteiger partial charge is 0.216 e. The van der Waals surface area contributed by atoms with Gasteiger partial charge in [0.1, 0.15) is 0 Å². The molecule has 0 saturated heterocycles. The molecule has 2 aromatic rings. The Morgan fingerprint density at radius 1 is 1.20 bits per heavy atom. The highest BCUT2D eigenvalue weighted by atomic mass is 35.5. The number of halogens is 1. The van der Waals surface area contributed by atoms with Crippen molar-refractivity contribution in [3.05, 3.63) is 64.9 Å². The highest BCUT2D eigenvalue weighted by Gasteiger charge is 2.18. The summed E-state index contributed by atoms with van der Waals surface area (Å²) >= 11 is 5.98. The molecule has 1 unspecified atom stereocenters. The van der Waals surface area contributed by atoms with Gasteiger partial charge in [-0.2, -0.15) is 0 Å². The molecule has 106 valence electrons. The van der Waals surface area contributed by atoms with Gasteiger partial charge in [-0.25, -0.2) is 13.1 Å². The Morgan fingerprint density at radius 3 is 2.55 bits per heavy atom. The molecule has 1 aromatic heterocycles. The maximum Gasteiger partial charge on any atom is 0.216 e. The molecule has 0 spiro atoms. The van der Waals surface area contributed by atoms with E-state index >= 15 is 0 Å². The molecule has 20 heavy (non-hydrogen) atoms. The highest BCUT2D eigenvalue weighted by molar-refractivity contribution is 7.88. The Morgan fingerprint density at radius 2 is 1.90 bits per heavy atom. The normalized spacial score (nSPS) is 13.1. The van der Waals surface area contributed by atoms with E-state index in [2.05, 4.69) is 9.71 Å². The van der Waals surface area contributed by atoms with E-state index in [1.54, 1.807) is 49.5 Å². The summed E-state index contributed by atoms with van der Waals surface area (Å²) in [7, 11) is -3.48. The van der Waals surface area contributed by atoms with Gasteiger partial charge in [0.2, 0.25) is 10.0 Å². The zero-order chi connectivity index (χ0) is 14.6. The molecular weight excluding hydrogens is 296 g/mol. The fourth-order valence-corrected chi connectivity index (χ4v) is 3.51. The van der Waals surface area contributed by atoms with Gasteiger partial charge < -0.3 is 0 Å². The Labute approximate surface area is 123 Å². The first-order valence-corrected chi connectivity index (χ1v) is 8.15. The fourth-order valence-electron chi connectivity index (χ4n) is 1.82.